The Labute approximate surface area is 152 Å². The van der Waals surface area contributed by atoms with Gasteiger partial charge in [0.15, 0.2) is 0 Å². The molecule has 0 bridgehead atoms. The molecule has 5 heteroatoms. The standard InChI is InChI=1S/C20H24N2O2S/c23-15-12-14(13-15)19(18-8-5-11-25-18)21-20(24)16-6-1-2-7-17(16)22-9-3-4-10-22/h1-2,5-8,11,14-15,19,23H,3-4,9-10,12-13H2,(H,21,24)/t14?,15?,19-/m0/s1. The minimum absolute atomic E-state index is 0.0115. The largest absolute Gasteiger partial charge is 0.393 e. The number of hydrogen-bond donors (Lipinski definition) is 2. The fraction of sp³-hybridized carbons (Fsp3) is 0.450. The van der Waals surface area contributed by atoms with Crippen LogP contribution in [-0.2, 0) is 0 Å². The molecule has 25 heavy (non-hydrogen) atoms. The van der Waals surface area contributed by atoms with E-state index in [1.165, 1.54) is 17.7 Å². The second kappa shape index (κ2) is 7.18. The van der Waals surface area contributed by atoms with E-state index in [4.69, 9.17) is 0 Å². The van der Waals surface area contributed by atoms with Crippen LogP contribution in [0.15, 0.2) is 41.8 Å². The third-order valence-corrected chi connectivity index (χ3v) is 6.31. The summed E-state index contributed by atoms with van der Waals surface area (Å²) in [6.07, 6.45) is 3.68. The van der Waals surface area contributed by atoms with E-state index in [-0.39, 0.29) is 18.1 Å². The molecule has 2 aliphatic rings. The van der Waals surface area contributed by atoms with Crippen molar-refractivity contribution in [3.63, 3.8) is 0 Å². The predicted octanol–water partition coefficient (Wildman–Crippen LogP) is 3.59. The van der Waals surface area contributed by atoms with Crippen LogP contribution in [0.3, 0.4) is 0 Å². The average molecular weight is 356 g/mol. The molecule has 1 aromatic carbocycles. The number of anilines is 1. The lowest BCUT2D eigenvalue weighted by Crippen LogP contribution is -2.41. The normalized spacial score (nSPS) is 24.0. The highest BCUT2D eigenvalue weighted by atomic mass is 32.1. The van der Waals surface area contributed by atoms with Crippen LogP contribution in [0, 0.1) is 5.92 Å². The maximum Gasteiger partial charge on any atom is 0.253 e. The molecule has 1 amide bonds. The predicted molar refractivity (Wildman–Crippen MR) is 101 cm³/mol. The monoisotopic (exact) mass is 356 g/mol. The number of carbonyl (C=O) groups is 1. The second-order valence-corrected chi connectivity index (χ2v) is 8.04. The molecule has 1 atom stereocenters. The van der Waals surface area contributed by atoms with Gasteiger partial charge in [-0.15, -0.1) is 11.3 Å². The minimum atomic E-state index is -0.221. The van der Waals surface area contributed by atoms with Gasteiger partial charge in [0.25, 0.3) is 5.91 Å². The fourth-order valence-electron chi connectivity index (χ4n) is 3.91. The minimum Gasteiger partial charge on any atom is -0.393 e. The summed E-state index contributed by atoms with van der Waals surface area (Å²) in [5.74, 6) is 0.304. The molecule has 2 fully saturated rings. The molecule has 0 radical (unpaired) electrons. The molecule has 0 spiro atoms. The van der Waals surface area contributed by atoms with Crippen LogP contribution < -0.4 is 10.2 Å². The van der Waals surface area contributed by atoms with Crippen LogP contribution >= 0.6 is 11.3 Å². The summed E-state index contributed by atoms with van der Waals surface area (Å²) in [6, 6.07) is 12.0. The van der Waals surface area contributed by atoms with Crippen LogP contribution in [-0.4, -0.2) is 30.2 Å². The number of amides is 1. The summed E-state index contributed by atoms with van der Waals surface area (Å²) >= 11 is 1.67. The zero-order valence-corrected chi connectivity index (χ0v) is 15.0. The summed E-state index contributed by atoms with van der Waals surface area (Å²) in [4.78, 5) is 16.5. The Morgan fingerprint density at radius 1 is 1.16 bits per heavy atom. The van der Waals surface area contributed by atoms with Crippen LogP contribution in [0.4, 0.5) is 5.69 Å². The van der Waals surface area contributed by atoms with Crippen molar-refractivity contribution in [2.45, 2.75) is 37.8 Å². The van der Waals surface area contributed by atoms with Crippen LogP contribution in [0.25, 0.3) is 0 Å². The lowest BCUT2D eigenvalue weighted by molar-refractivity contribution is 0.0241. The van der Waals surface area contributed by atoms with Crippen molar-refractivity contribution >= 4 is 22.9 Å². The summed E-state index contributed by atoms with van der Waals surface area (Å²) in [6.45, 7) is 2.04. The number of aliphatic hydroxyl groups excluding tert-OH is 1. The lowest BCUT2D eigenvalue weighted by atomic mass is 9.76. The Balaban J connectivity index is 1.56. The summed E-state index contributed by atoms with van der Waals surface area (Å²) in [5.41, 5.74) is 1.79. The van der Waals surface area contributed by atoms with Gasteiger partial charge in [-0.25, -0.2) is 0 Å². The van der Waals surface area contributed by atoms with Crippen molar-refractivity contribution in [2.75, 3.05) is 18.0 Å². The van der Waals surface area contributed by atoms with Gasteiger partial charge in [0, 0.05) is 23.7 Å². The first-order chi connectivity index (χ1) is 12.2. The summed E-state index contributed by atoms with van der Waals surface area (Å²) < 4.78 is 0. The van der Waals surface area contributed by atoms with Gasteiger partial charge in [0.2, 0.25) is 0 Å². The van der Waals surface area contributed by atoms with E-state index < -0.39 is 0 Å². The SMILES string of the molecule is O=C(N[C@H](c1cccs1)C1CC(O)C1)c1ccccc1N1CCCC1. The quantitative estimate of drug-likeness (QED) is 0.861. The molecular weight excluding hydrogens is 332 g/mol. The van der Waals surface area contributed by atoms with E-state index in [2.05, 4.69) is 16.3 Å². The zero-order valence-electron chi connectivity index (χ0n) is 14.2. The highest BCUT2D eigenvalue weighted by molar-refractivity contribution is 7.10. The third kappa shape index (κ3) is 3.44. The highest BCUT2D eigenvalue weighted by Gasteiger charge is 2.36. The molecular formula is C20H24N2O2S. The smallest absolute Gasteiger partial charge is 0.253 e. The molecule has 1 saturated carbocycles. The highest BCUT2D eigenvalue weighted by Crippen LogP contribution is 2.40. The number of rotatable bonds is 5. The Morgan fingerprint density at radius 2 is 1.92 bits per heavy atom. The van der Waals surface area contributed by atoms with Crippen LogP contribution in [0.2, 0.25) is 0 Å². The first kappa shape index (κ1) is 16.6. The molecule has 2 N–H and O–H groups in total. The molecule has 132 valence electrons. The Hall–Kier alpha value is -1.85. The maximum atomic E-state index is 13.1. The van der Waals surface area contributed by atoms with Gasteiger partial charge in [-0.2, -0.15) is 0 Å². The number of nitrogens with zero attached hydrogens (tertiary/aromatic N) is 1. The fourth-order valence-corrected chi connectivity index (χ4v) is 4.78. The number of nitrogens with one attached hydrogen (secondary N) is 1. The second-order valence-electron chi connectivity index (χ2n) is 7.06. The number of thiophene rings is 1. The number of aliphatic hydroxyl groups is 1. The van der Waals surface area contributed by atoms with Gasteiger partial charge in [-0.1, -0.05) is 18.2 Å². The molecule has 1 saturated heterocycles. The molecule has 0 unspecified atom stereocenters. The van der Waals surface area contributed by atoms with Gasteiger partial charge in [-0.05, 0) is 55.2 Å². The number of benzene rings is 1. The topological polar surface area (TPSA) is 52.6 Å². The lowest BCUT2D eigenvalue weighted by Gasteiger charge is -2.37. The third-order valence-electron chi connectivity index (χ3n) is 5.35. The number of carbonyl (C=O) groups excluding carboxylic acids is 1. The molecule has 2 aromatic rings. The van der Waals surface area contributed by atoms with E-state index >= 15 is 0 Å². The molecule has 1 aromatic heterocycles. The molecule has 4 nitrogen and oxygen atoms in total. The summed E-state index contributed by atoms with van der Waals surface area (Å²) in [5, 5.41) is 15.0. The van der Waals surface area contributed by atoms with Crippen LogP contribution in [0.5, 0.6) is 0 Å². The Bertz CT molecular complexity index is 719. The Morgan fingerprint density at radius 3 is 2.60 bits per heavy atom. The van der Waals surface area contributed by atoms with Crippen molar-refractivity contribution in [2.24, 2.45) is 5.92 Å². The van der Waals surface area contributed by atoms with Crippen LogP contribution in [0.1, 0.15) is 47.0 Å². The van der Waals surface area contributed by atoms with E-state index in [0.717, 1.165) is 37.2 Å². The van der Waals surface area contributed by atoms with Gasteiger partial charge in [-0.3, -0.25) is 4.79 Å². The van der Waals surface area contributed by atoms with Crippen molar-refractivity contribution in [3.8, 4) is 0 Å². The van der Waals surface area contributed by atoms with Crippen molar-refractivity contribution in [1.29, 1.82) is 0 Å². The van der Waals surface area contributed by atoms with Gasteiger partial charge in [0.05, 0.1) is 17.7 Å². The maximum absolute atomic E-state index is 13.1. The van der Waals surface area contributed by atoms with E-state index in [1.54, 1.807) is 11.3 Å². The summed E-state index contributed by atoms with van der Waals surface area (Å²) in [7, 11) is 0. The van der Waals surface area contributed by atoms with Gasteiger partial charge < -0.3 is 15.3 Å². The van der Waals surface area contributed by atoms with Gasteiger partial charge in [0.1, 0.15) is 0 Å². The number of para-hydroxylation sites is 1. The van der Waals surface area contributed by atoms with Crippen molar-refractivity contribution < 1.29 is 9.90 Å². The molecule has 4 rings (SSSR count). The Kier molecular flexibility index (Phi) is 4.77. The molecule has 1 aliphatic heterocycles. The first-order valence-electron chi connectivity index (χ1n) is 9.08. The van der Waals surface area contributed by atoms with E-state index in [9.17, 15) is 9.90 Å². The molecule has 1 aliphatic carbocycles. The number of hydrogen-bond acceptors (Lipinski definition) is 4. The van der Waals surface area contributed by atoms with Gasteiger partial charge >= 0.3 is 0 Å². The van der Waals surface area contributed by atoms with E-state index in [0.29, 0.717) is 5.92 Å². The first-order valence-corrected chi connectivity index (χ1v) is 9.96. The van der Waals surface area contributed by atoms with E-state index in [1.807, 2.05) is 35.7 Å². The molecule has 2 heterocycles. The zero-order chi connectivity index (χ0) is 17.2. The average Bonchev–Trinajstić information content (AvgIpc) is 3.30. The van der Waals surface area contributed by atoms with Crippen molar-refractivity contribution in [3.05, 3.63) is 52.2 Å². The van der Waals surface area contributed by atoms with Crippen molar-refractivity contribution in [1.82, 2.24) is 5.32 Å².